The maximum atomic E-state index is 5.71. The third-order valence-corrected chi connectivity index (χ3v) is 1.70. The summed E-state index contributed by atoms with van der Waals surface area (Å²) in [4.78, 5) is 0. The highest BCUT2D eigenvalue weighted by Gasteiger charge is 2.09. The first-order valence-corrected chi connectivity index (χ1v) is 3.35. The second-order valence-corrected chi connectivity index (χ2v) is 2.48. The number of hydrogen-bond acceptors (Lipinski definition) is 2. The van der Waals surface area contributed by atoms with Gasteiger partial charge in [-0.15, -0.1) is 0 Å². The largest absolute Gasteiger partial charge is 0.501 e. The molecule has 0 heterocycles. The van der Waals surface area contributed by atoms with Gasteiger partial charge in [-0.2, -0.15) is 0 Å². The van der Waals surface area contributed by atoms with Crippen LogP contribution in [0.25, 0.3) is 0 Å². The average molecular weight is 159 g/mol. The summed E-state index contributed by atoms with van der Waals surface area (Å²) < 4.78 is 4.94. The van der Waals surface area contributed by atoms with Crippen molar-refractivity contribution in [2.75, 3.05) is 7.11 Å². The molecule has 0 saturated heterocycles. The minimum absolute atomic E-state index is 0.598. The highest BCUT2D eigenvalue weighted by molar-refractivity contribution is 6.30. The molecule has 10 heavy (non-hydrogen) atoms. The standard InChI is InChI=1S/C7H9ClNO/c1-10-5-2-3-6(8)7(9)4-5/h2,4H,3,9H2,1H3. The van der Waals surface area contributed by atoms with Crippen LogP contribution in [0.5, 0.6) is 0 Å². The molecule has 0 aromatic carbocycles. The van der Waals surface area contributed by atoms with Gasteiger partial charge in [0.1, 0.15) is 5.76 Å². The molecule has 0 bridgehead atoms. The second-order valence-electron chi connectivity index (χ2n) is 2.02. The first kappa shape index (κ1) is 7.48. The van der Waals surface area contributed by atoms with E-state index in [9.17, 15) is 0 Å². The number of ether oxygens (including phenoxy) is 1. The summed E-state index contributed by atoms with van der Waals surface area (Å²) in [6.07, 6.45) is 4.28. The normalized spacial score (nSPS) is 18.8. The van der Waals surface area contributed by atoms with Gasteiger partial charge >= 0.3 is 0 Å². The maximum Gasteiger partial charge on any atom is 0.102 e. The molecule has 1 rings (SSSR count). The molecule has 0 amide bonds. The van der Waals surface area contributed by atoms with Crippen molar-refractivity contribution in [1.29, 1.82) is 0 Å². The van der Waals surface area contributed by atoms with E-state index in [0.29, 0.717) is 17.2 Å². The van der Waals surface area contributed by atoms with Gasteiger partial charge in [-0.3, -0.25) is 0 Å². The summed E-state index contributed by atoms with van der Waals surface area (Å²) >= 11 is 5.71. The molecular weight excluding hydrogens is 150 g/mol. The summed E-state index contributed by atoms with van der Waals surface area (Å²) in [7, 11) is 1.61. The quantitative estimate of drug-likeness (QED) is 0.628. The Morgan fingerprint density at radius 3 is 2.90 bits per heavy atom. The SMILES string of the molecule is COC1=CC(N)=C(Cl)C[CH]1. The van der Waals surface area contributed by atoms with Crippen molar-refractivity contribution in [3.63, 3.8) is 0 Å². The Morgan fingerprint density at radius 2 is 2.40 bits per heavy atom. The molecular formula is C7H9ClNO. The number of rotatable bonds is 1. The van der Waals surface area contributed by atoms with Crippen molar-refractivity contribution >= 4 is 11.6 Å². The van der Waals surface area contributed by atoms with E-state index in [-0.39, 0.29) is 0 Å². The smallest absolute Gasteiger partial charge is 0.102 e. The van der Waals surface area contributed by atoms with Crippen molar-refractivity contribution in [3.05, 3.63) is 29.0 Å². The van der Waals surface area contributed by atoms with Crippen LogP contribution in [0.1, 0.15) is 6.42 Å². The minimum Gasteiger partial charge on any atom is -0.501 e. The van der Waals surface area contributed by atoms with Gasteiger partial charge in [0.2, 0.25) is 0 Å². The van der Waals surface area contributed by atoms with Crippen molar-refractivity contribution in [2.24, 2.45) is 5.73 Å². The van der Waals surface area contributed by atoms with Crippen LogP contribution in [0, 0.1) is 6.42 Å². The molecule has 3 heteroatoms. The third-order valence-electron chi connectivity index (χ3n) is 1.33. The molecule has 0 aromatic heterocycles. The maximum absolute atomic E-state index is 5.71. The van der Waals surface area contributed by atoms with Crippen LogP contribution in [0.15, 0.2) is 22.6 Å². The molecule has 0 unspecified atom stereocenters. The lowest BCUT2D eigenvalue weighted by molar-refractivity contribution is 0.296. The van der Waals surface area contributed by atoms with E-state index < -0.39 is 0 Å². The molecule has 1 aliphatic carbocycles. The van der Waals surface area contributed by atoms with Gasteiger partial charge in [0, 0.05) is 23.2 Å². The molecule has 2 N–H and O–H groups in total. The number of halogens is 1. The molecule has 0 aliphatic heterocycles. The molecule has 0 aromatic rings. The van der Waals surface area contributed by atoms with Crippen LogP contribution in [-0.2, 0) is 4.74 Å². The van der Waals surface area contributed by atoms with Gasteiger partial charge in [-0.05, 0) is 6.42 Å². The predicted molar refractivity (Wildman–Crippen MR) is 41.1 cm³/mol. The first-order valence-electron chi connectivity index (χ1n) is 2.97. The first-order chi connectivity index (χ1) is 4.74. The highest BCUT2D eigenvalue weighted by Crippen LogP contribution is 2.22. The Morgan fingerprint density at radius 1 is 1.70 bits per heavy atom. The van der Waals surface area contributed by atoms with Crippen LogP contribution in [-0.4, -0.2) is 7.11 Å². The molecule has 1 radical (unpaired) electrons. The molecule has 0 saturated carbocycles. The summed E-state index contributed by atoms with van der Waals surface area (Å²) in [5.41, 5.74) is 6.11. The van der Waals surface area contributed by atoms with Crippen molar-refractivity contribution in [2.45, 2.75) is 6.42 Å². The van der Waals surface area contributed by atoms with Crippen LogP contribution >= 0.6 is 11.6 Å². The van der Waals surface area contributed by atoms with Crippen LogP contribution < -0.4 is 5.73 Å². The van der Waals surface area contributed by atoms with Crippen molar-refractivity contribution in [3.8, 4) is 0 Å². The van der Waals surface area contributed by atoms with E-state index in [1.807, 2.05) is 6.42 Å². The zero-order valence-electron chi connectivity index (χ0n) is 5.73. The van der Waals surface area contributed by atoms with E-state index in [2.05, 4.69) is 0 Å². The van der Waals surface area contributed by atoms with Crippen LogP contribution in [0.4, 0.5) is 0 Å². The van der Waals surface area contributed by atoms with Gasteiger partial charge < -0.3 is 10.5 Å². The van der Waals surface area contributed by atoms with E-state index in [0.717, 1.165) is 5.76 Å². The lowest BCUT2D eigenvalue weighted by Crippen LogP contribution is -2.04. The van der Waals surface area contributed by atoms with Crippen LogP contribution in [0.2, 0.25) is 0 Å². The fourth-order valence-corrected chi connectivity index (χ4v) is 0.873. The zero-order chi connectivity index (χ0) is 7.56. The van der Waals surface area contributed by atoms with Gasteiger partial charge in [0.15, 0.2) is 0 Å². The van der Waals surface area contributed by atoms with Gasteiger partial charge in [0.25, 0.3) is 0 Å². The molecule has 1 aliphatic rings. The lowest BCUT2D eigenvalue weighted by Gasteiger charge is -2.11. The Hall–Kier alpha value is -0.630. The van der Waals surface area contributed by atoms with Crippen molar-refractivity contribution in [1.82, 2.24) is 0 Å². The Labute approximate surface area is 65.3 Å². The molecule has 0 fully saturated rings. The predicted octanol–water partition coefficient (Wildman–Crippen LogP) is 1.53. The molecule has 0 spiro atoms. The Bertz CT molecular complexity index is 196. The summed E-state index contributed by atoms with van der Waals surface area (Å²) in [5, 5.41) is 0.681. The number of allylic oxidation sites excluding steroid dienone is 3. The lowest BCUT2D eigenvalue weighted by atomic mass is 10.1. The fourth-order valence-electron chi connectivity index (χ4n) is 0.741. The van der Waals surface area contributed by atoms with Gasteiger partial charge in [-0.1, -0.05) is 11.6 Å². The Balaban J connectivity index is 2.76. The van der Waals surface area contributed by atoms with Gasteiger partial charge in [-0.25, -0.2) is 0 Å². The molecule has 2 nitrogen and oxygen atoms in total. The summed E-state index contributed by atoms with van der Waals surface area (Å²) in [6.45, 7) is 0. The van der Waals surface area contributed by atoms with Gasteiger partial charge in [0.05, 0.1) is 7.11 Å². The molecule has 55 valence electrons. The summed E-state index contributed by atoms with van der Waals surface area (Å²) in [6, 6.07) is 0. The number of methoxy groups -OCH3 is 1. The number of hydrogen-bond donors (Lipinski definition) is 1. The van der Waals surface area contributed by atoms with E-state index in [1.165, 1.54) is 0 Å². The minimum atomic E-state index is 0.598. The second kappa shape index (κ2) is 2.97. The van der Waals surface area contributed by atoms with E-state index in [1.54, 1.807) is 13.2 Å². The highest BCUT2D eigenvalue weighted by atomic mass is 35.5. The van der Waals surface area contributed by atoms with Crippen molar-refractivity contribution < 1.29 is 4.74 Å². The summed E-state index contributed by atoms with van der Waals surface area (Å²) in [5.74, 6) is 0.780. The van der Waals surface area contributed by atoms with E-state index >= 15 is 0 Å². The monoisotopic (exact) mass is 158 g/mol. The number of nitrogens with two attached hydrogens (primary N) is 1. The molecule has 0 atom stereocenters. The average Bonchev–Trinajstić information content (AvgIpc) is 1.95. The third kappa shape index (κ3) is 1.45. The topological polar surface area (TPSA) is 35.2 Å². The fraction of sp³-hybridized carbons (Fsp3) is 0.286. The van der Waals surface area contributed by atoms with E-state index in [4.69, 9.17) is 22.1 Å². The zero-order valence-corrected chi connectivity index (χ0v) is 6.48. The van der Waals surface area contributed by atoms with Crippen LogP contribution in [0.3, 0.4) is 0 Å². The Kier molecular flexibility index (Phi) is 2.22.